The summed E-state index contributed by atoms with van der Waals surface area (Å²) in [6.45, 7) is 6.16. The Morgan fingerprint density at radius 2 is 1.78 bits per heavy atom. The first-order chi connectivity index (χ1) is 20.1. The van der Waals surface area contributed by atoms with E-state index in [0.717, 1.165) is 68.2 Å². The van der Waals surface area contributed by atoms with Gasteiger partial charge >= 0.3 is 0 Å². The first kappa shape index (κ1) is 26.9. The average Bonchev–Trinajstić information content (AvgIpc) is 3.40. The van der Waals surface area contributed by atoms with Gasteiger partial charge < -0.3 is 15.5 Å². The predicted octanol–water partition coefficient (Wildman–Crippen LogP) is 2.47. The van der Waals surface area contributed by atoms with Gasteiger partial charge in [-0.05, 0) is 48.2 Å². The van der Waals surface area contributed by atoms with Crippen LogP contribution in [0.5, 0.6) is 0 Å². The third-order valence-corrected chi connectivity index (χ3v) is 7.92. The SMILES string of the molecule is CN=[N+]=NC1CC2CCNC(=O)CN3CCN(CC3)Cc3cccc(c3)Nc3cc(ccn3)-c3cnc(nc3)N2C1. The second-order valence-electron chi connectivity index (χ2n) is 10.8. The minimum atomic E-state index is 0.00451. The Kier molecular flexibility index (Phi) is 8.22. The quantitative estimate of drug-likeness (QED) is 0.347. The van der Waals surface area contributed by atoms with E-state index in [-0.39, 0.29) is 18.0 Å². The number of piperazine rings is 1. The van der Waals surface area contributed by atoms with E-state index < -0.39 is 0 Å². The van der Waals surface area contributed by atoms with Crippen LogP contribution in [0.3, 0.4) is 0 Å². The number of anilines is 3. The Morgan fingerprint density at radius 1 is 0.976 bits per heavy atom. The summed E-state index contributed by atoms with van der Waals surface area (Å²) in [6.07, 6.45) is 7.09. The largest absolute Gasteiger partial charge is 0.355 e. The molecule has 1 aromatic carbocycles. The highest BCUT2D eigenvalue weighted by Gasteiger charge is 2.36. The van der Waals surface area contributed by atoms with Gasteiger partial charge in [0, 0.05) is 75.2 Å². The van der Waals surface area contributed by atoms with E-state index >= 15 is 0 Å². The Labute approximate surface area is 239 Å². The maximum Gasteiger partial charge on any atom is 0.234 e. The fraction of sp³-hybridized carbons (Fsp3) is 0.448. The number of nitrogens with zero attached hydrogens (tertiary/aromatic N) is 9. The van der Waals surface area contributed by atoms with Gasteiger partial charge in [0.05, 0.1) is 13.1 Å². The summed E-state index contributed by atoms with van der Waals surface area (Å²) in [7, 11) is 1.62. The molecule has 12 heteroatoms. The molecule has 0 spiro atoms. The molecule has 2 atom stereocenters. The van der Waals surface area contributed by atoms with Gasteiger partial charge in [0.1, 0.15) is 23.1 Å². The number of nitrogens with one attached hydrogen (secondary N) is 2. The molecule has 2 fully saturated rings. The molecule has 2 saturated heterocycles. The van der Waals surface area contributed by atoms with Gasteiger partial charge in [-0.15, -0.1) is 0 Å². The number of carbonyl (C=O) groups excluding carboxylic acids is 1. The zero-order chi connectivity index (χ0) is 28.0. The summed E-state index contributed by atoms with van der Waals surface area (Å²) in [5, 5.41) is 14.7. The summed E-state index contributed by atoms with van der Waals surface area (Å²) >= 11 is 0. The monoisotopic (exact) mass is 554 g/mol. The van der Waals surface area contributed by atoms with Gasteiger partial charge in [0.2, 0.25) is 16.8 Å². The molecule has 8 heterocycles. The van der Waals surface area contributed by atoms with E-state index in [2.05, 4.69) is 69.7 Å². The third kappa shape index (κ3) is 6.74. The van der Waals surface area contributed by atoms with Gasteiger partial charge in [0.25, 0.3) is 0 Å². The fourth-order valence-corrected chi connectivity index (χ4v) is 5.81. The van der Waals surface area contributed by atoms with Crippen molar-refractivity contribution in [1.29, 1.82) is 0 Å². The molecule has 9 rings (SSSR count). The molecule has 6 aliphatic rings. The second kappa shape index (κ2) is 12.5. The van der Waals surface area contributed by atoms with Crippen molar-refractivity contribution < 1.29 is 4.79 Å². The minimum absolute atomic E-state index is 0.00451. The first-order valence-corrected chi connectivity index (χ1v) is 14.2. The molecule has 3 aromatic rings. The van der Waals surface area contributed by atoms with Gasteiger partial charge in [0.15, 0.2) is 6.04 Å². The molecule has 1 amide bonds. The zero-order valence-electron chi connectivity index (χ0n) is 23.4. The van der Waals surface area contributed by atoms with E-state index in [1.807, 2.05) is 24.5 Å². The summed E-state index contributed by atoms with van der Waals surface area (Å²) in [4.78, 5) is 37.5. The molecule has 0 radical (unpaired) electrons. The van der Waals surface area contributed by atoms with Crippen molar-refractivity contribution in [1.82, 2.24) is 35.0 Å². The Hall–Kier alpha value is -4.25. The average molecular weight is 555 g/mol. The van der Waals surface area contributed by atoms with Crippen LogP contribution in [-0.4, -0.2) is 95.6 Å². The highest BCUT2D eigenvalue weighted by atomic mass is 16.2. The van der Waals surface area contributed by atoms with Crippen LogP contribution in [-0.2, 0) is 11.3 Å². The lowest BCUT2D eigenvalue weighted by Crippen LogP contribution is -2.49. The standard InChI is InChI=1S/C29H35N11O/c1-30-37-36-25-15-26-6-8-32-28(41)20-39-11-9-38(10-12-39)18-21-3-2-4-24(13-21)35-27-14-22(5-7-31-27)23-16-33-29(34-17-23)40(26)19-25/h2-5,7,13-14,16-17,25-26H,6,8-12,15,18-20H2,1H3,(H-,31,32,35,41)/p+1. The number of pyridine rings is 1. The van der Waals surface area contributed by atoms with Crippen LogP contribution in [0.4, 0.5) is 17.5 Å². The van der Waals surface area contributed by atoms with Crippen molar-refractivity contribution in [2.24, 2.45) is 10.2 Å². The normalized spacial score (nSPS) is 24.5. The molecule has 0 saturated carbocycles. The van der Waals surface area contributed by atoms with Crippen molar-refractivity contribution in [3.8, 4) is 11.1 Å². The van der Waals surface area contributed by atoms with E-state index in [4.69, 9.17) is 9.97 Å². The van der Waals surface area contributed by atoms with Crippen LogP contribution in [0.15, 0.2) is 65.2 Å². The molecule has 2 unspecified atom stereocenters. The molecule has 41 heavy (non-hydrogen) atoms. The van der Waals surface area contributed by atoms with Crippen molar-refractivity contribution in [3.05, 3.63) is 60.6 Å². The smallest absolute Gasteiger partial charge is 0.234 e. The predicted molar refractivity (Wildman–Crippen MR) is 157 cm³/mol. The van der Waals surface area contributed by atoms with Crippen LogP contribution < -0.4 is 20.4 Å². The van der Waals surface area contributed by atoms with Crippen molar-refractivity contribution >= 4 is 23.4 Å². The second-order valence-corrected chi connectivity index (χ2v) is 10.8. The maximum atomic E-state index is 12.8. The highest BCUT2D eigenvalue weighted by Crippen LogP contribution is 2.28. The van der Waals surface area contributed by atoms with Crippen LogP contribution in [0.2, 0.25) is 0 Å². The molecule has 2 aromatic heterocycles. The van der Waals surface area contributed by atoms with Gasteiger partial charge in [-0.1, -0.05) is 12.1 Å². The Balaban J connectivity index is 1.27. The number of amides is 1. The van der Waals surface area contributed by atoms with Crippen LogP contribution >= 0.6 is 0 Å². The third-order valence-electron chi connectivity index (χ3n) is 7.92. The number of aromatic nitrogens is 3. The molecule has 2 N–H and O–H groups in total. The van der Waals surface area contributed by atoms with Gasteiger partial charge in [-0.3, -0.25) is 14.6 Å². The number of carbonyl (C=O) groups is 1. The van der Waals surface area contributed by atoms with E-state index in [1.54, 1.807) is 13.2 Å². The lowest BCUT2D eigenvalue weighted by atomic mass is 10.1. The lowest BCUT2D eigenvalue weighted by molar-refractivity contribution is -0.122. The summed E-state index contributed by atoms with van der Waals surface area (Å²) in [6, 6.07) is 12.6. The maximum absolute atomic E-state index is 12.8. The molecule has 0 aliphatic carbocycles. The molecular weight excluding hydrogens is 518 g/mol. The molecule has 6 aliphatic heterocycles. The lowest BCUT2D eigenvalue weighted by Gasteiger charge is -2.34. The van der Waals surface area contributed by atoms with Crippen LogP contribution in [0.1, 0.15) is 18.4 Å². The first-order valence-electron chi connectivity index (χ1n) is 14.2. The zero-order valence-corrected chi connectivity index (χ0v) is 23.4. The number of rotatable bonds is 1. The number of benzene rings is 1. The van der Waals surface area contributed by atoms with Crippen molar-refractivity contribution in [2.45, 2.75) is 31.5 Å². The summed E-state index contributed by atoms with van der Waals surface area (Å²) < 4.78 is 0. The van der Waals surface area contributed by atoms with E-state index in [1.165, 1.54) is 5.56 Å². The van der Waals surface area contributed by atoms with E-state index in [0.29, 0.717) is 25.6 Å². The summed E-state index contributed by atoms with van der Waals surface area (Å²) in [5.41, 5.74) is 4.13. The van der Waals surface area contributed by atoms with Crippen LogP contribution in [0.25, 0.3) is 11.1 Å². The molecule has 8 bridgehead atoms. The van der Waals surface area contributed by atoms with Crippen LogP contribution in [0, 0.1) is 0 Å². The van der Waals surface area contributed by atoms with Crippen molar-refractivity contribution in [3.63, 3.8) is 0 Å². The highest BCUT2D eigenvalue weighted by molar-refractivity contribution is 5.78. The van der Waals surface area contributed by atoms with Gasteiger partial charge in [-0.2, -0.15) is 0 Å². The molecule has 212 valence electrons. The topological polar surface area (TPSA) is 128 Å². The van der Waals surface area contributed by atoms with Gasteiger partial charge in [-0.25, -0.2) is 15.0 Å². The molecule has 12 nitrogen and oxygen atoms in total. The van der Waals surface area contributed by atoms with Crippen molar-refractivity contribution in [2.75, 3.05) is 63.1 Å². The minimum Gasteiger partial charge on any atom is -0.355 e. The van der Waals surface area contributed by atoms with E-state index in [9.17, 15) is 4.79 Å². The Bertz CT molecular complexity index is 1410. The number of hydrogen-bond donors (Lipinski definition) is 2. The summed E-state index contributed by atoms with van der Waals surface area (Å²) in [5.74, 6) is 1.48. The number of hydrogen-bond acceptors (Lipinski definition) is 10. The Morgan fingerprint density at radius 3 is 2.59 bits per heavy atom. The fourth-order valence-electron chi connectivity index (χ4n) is 5.81. The molecular formula is C29H36N11O+.